The Bertz CT molecular complexity index is 1860. The van der Waals surface area contributed by atoms with E-state index in [9.17, 15) is 0 Å². The molecule has 0 bridgehead atoms. The van der Waals surface area contributed by atoms with Gasteiger partial charge in [0.05, 0.1) is 17.4 Å². The molecule has 2 heterocycles. The molecule has 5 aromatic rings. The summed E-state index contributed by atoms with van der Waals surface area (Å²) in [6, 6.07) is 34.9. The molecule has 1 aliphatic rings. The molecule has 0 aliphatic carbocycles. The van der Waals surface area contributed by atoms with Gasteiger partial charge in [0.1, 0.15) is 5.52 Å². The van der Waals surface area contributed by atoms with E-state index in [0.29, 0.717) is 5.89 Å². The first-order valence-electron chi connectivity index (χ1n) is 18.9. The lowest BCUT2D eigenvalue weighted by atomic mass is 9.79. The summed E-state index contributed by atoms with van der Waals surface area (Å²) < 4.78 is 6.06. The minimum absolute atomic E-state index is 0.105. The second-order valence-electron chi connectivity index (χ2n) is 15.4. The number of unbranched alkanes of at least 4 members (excludes halogenated alkanes) is 4. The molecule has 0 saturated heterocycles. The van der Waals surface area contributed by atoms with Gasteiger partial charge in [0.25, 0.3) is 0 Å². The van der Waals surface area contributed by atoms with Gasteiger partial charge in [0, 0.05) is 12.0 Å². The van der Waals surface area contributed by atoms with Crippen molar-refractivity contribution in [1.82, 2.24) is 4.98 Å². The van der Waals surface area contributed by atoms with Gasteiger partial charge < -0.3 is 4.42 Å². The molecular weight excluding hydrogens is 611 g/mol. The number of hydrogen-bond donors (Lipinski definition) is 0. The highest BCUT2D eigenvalue weighted by Gasteiger charge is 2.29. The van der Waals surface area contributed by atoms with Gasteiger partial charge in [-0.05, 0) is 88.4 Å². The summed E-state index contributed by atoms with van der Waals surface area (Å²) in [7, 11) is 0. The van der Waals surface area contributed by atoms with Crippen LogP contribution in [0.25, 0.3) is 28.6 Å². The van der Waals surface area contributed by atoms with E-state index < -0.39 is 0 Å². The first kappa shape index (κ1) is 35.4. The second-order valence-corrected chi connectivity index (χ2v) is 15.4. The highest BCUT2D eigenvalue weighted by molar-refractivity contribution is 6.01. The average molecular weight is 666 g/mol. The molecule has 260 valence electrons. The lowest BCUT2D eigenvalue weighted by Gasteiger charge is -2.27. The third-order valence-corrected chi connectivity index (χ3v) is 10.7. The zero-order chi connectivity index (χ0) is 35.1. The minimum atomic E-state index is 0.105. The van der Waals surface area contributed by atoms with Crippen molar-refractivity contribution in [2.75, 3.05) is 5.01 Å². The predicted molar refractivity (Wildman–Crippen MR) is 213 cm³/mol. The maximum absolute atomic E-state index is 6.06. The van der Waals surface area contributed by atoms with E-state index in [4.69, 9.17) is 14.5 Å². The Hall–Kier alpha value is -4.44. The lowest BCUT2D eigenvalue weighted by molar-refractivity contribution is 0.450. The maximum atomic E-state index is 6.06. The third kappa shape index (κ3) is 8.29. The highest BCUT2D eigenvalue weighted by Crippen LogP contribution is 2.38. The first-order valence-corrected chi connectivity index (χ1v) is 18.9. The zero-order valence-electron chi connectivity index (χ0n) is 31.1. The Morgan fingerprint density at radius 3 is 1.90 bits per heavy atom. The Kier molecular flexibility index (Phi) is 11.1. The van der Waals surface area contributed by atoms with Crippen LogP contribution in [0, 0.1) is 0 Å². The number of para-hydroxylation sites is 2. The largest absolute Gasteiger partial charge is 0.436 e. The fourth-order valence-corrected chi connectivity index (χ4v) is 7.20. The van der Waals surface area contributed by atoms with Crippen LogP contribution in [0.15, 0.2) is 113 Å². The number of hydrazone groups is 1. The second kappa shape index (κ2) is 15.6. The Morgan fingerprint density at radius 2 is 1.30 bits per heavy atom. The molecule has 1 atom stereocenters. The van der Waals surface area contributed by atoms with E-state index in [2.05, 4.69) is 131 Å². The molecule has 0 radical (unpaired) electrons. The monoisotopic (exact) mass is 665 g/mol. The van der Waals surface area contributed by atoms with Crippen molar-refractivity contribution >= 4 is 28.6 Å². The highest BCUT2D eigenvalue weighted by atomic mass is 16.3. The number of anilines is 1. The van der Waals surface area contributed by atoms with Crippen LogP contribution in [0.3, 0.4) is 0 Å². The lowest BCUT2D eigenvalue weighted by Crippen LogP contribution is -2.20. The number of aromatic nitrogens is 1. The Labute approximate surface area is 300 Å². The molecule has 0 fully saturated rings. The van der Waals surface area contributed by atoms with Gasteiger partial charge in [-0.15, -0.1) is 0 Å². The van der Waals surface area contributed by atoms with E-state index in [1.807, 2.05) is 24.3 Å². The van der Waals surface area contributed by atoms with E-state index in [-0.39, 0.29) is 16.9 Å². The van der Waals surface area contributed by atoms with Crippen molar-refractivity contribution in [3.63, 3.8) is 0 Å². The van der Waals surface area contributed by atoms with Crippen molar-refractivity contribution in [3.05, 3.63) is 125 Å². The maximum Gasteiger partial charge on any atom is 0.227 e. The van der Waals surface area contributed by atoms with E-state index in [1.165, 1.54) is 73.6 Å². The minimum Gasteiger partial charge on any atom is -0.436 e. The first-order chi connectivity index (χ1) is 24.2. The van der Waals surface area contributed by atoms with Crippen molar-refractivity contribution in [2.24, 2.45) is 5.10 Å². The molecule has 50 heavy (non-hydrogen) atoms. The van der Waals surface area contributed by atoms with Crippen LogP contribution in [-0.2, 0) is 10.8 Å². The van der Waals surface area contributed by atoms with Crippen LogP contribution < -0.4 is 5.01 Å². The van der Waals surface area contributed by atoms with Gasteiger partial charge in [0.2, 0.25) is 5.89 Å². The molecule has 0 saturated carbocycles. The Morgan fingerprint density at radius 1 is 0.700 bits per heavy atom. The molecule has 4 nitrogen and oxygen atoms in total. The van der Waals surface area contributed by atoms with Crippen molar-refractivity contribution in [2.45, 2.75) is 116 Å². The summed E-state index contributed by atoms with van der Waals surface area (Å²) in [4.78, 5) is 4.71. The number of benzene rings is 4. The standard InChI is InChI=1S/C46H55N3O/c1-7-9-13-31-45(3,4)37-24-17-34(18-25-37)19-28-39-33-42(35-20-26-38(27-21-35)46(5,6)32-14-10-8-2)49(48-39)40-29-22-36(23-30-40)44-47-41-15-11-12-16-43(41)50-44/h11-12,15-30,42H,7-10,13-14,31-33H2,1-6H3. The quantitative estimate of drug-likeness (QED) is 0.105. The van der Waals surface area contributed by atoms with Crippen LogP contribution >= 0.6 is 0 Å². The van der Waals surface area contributed by atoms with Crippen LogP contribution in [0.1, 0.15) is 128 Å². The van der Waals surface area contributed by atoms with Gasteiger partial charge >= 0.3 is 0 Å². The van der Waals surface area contributed by atoms with Gasteiger partial charge in [0.15, 0.2) is 5.58 Å². The van der Waals surface area contributed by atoms with E-state index in [0.717, 1.165) is 34.5 Å². The van der Waals surface area contributed by atoms with Gasteiger partial charge in [-0.3, -0.25) is 5.01 Å². The molecule has 1 aliphatic heterocycles. The molecule has 4 aromatic carbocycles. The smallest absolute Gasteiger partial charge is 0.227 e. The average Bonchev–Trinajstić information content (AvgIpc) is 3.76. The number of hydrogen-bond acceptors (Lipinski definition) is 4. The summed E-state index contributed by atoms with van der Waals surface area (Å²) in [5.41, 5.74) is 10.4. The summed E-state index contributed by atoms with van der Waals surface area (Å²) in [6.07, 6.45) is 15.3. The predicted octanol–water partition coefficient (Wildman–Crippen LogP) is 13.2. The SMILES string of the molecule is CCCCCC(C)(C)c1ccc(C=CC2=NN(c3ccc(-c4nc5ccccc5o4)cc3)C(c3ccc(C(C)(C)CCCCC)cc3)C2)cc1. The van der Waals surface area contributed by atoms with Crippen molar-refractivity contribution in [3.8, 4) is 11.5 Å². The molecule has 0 amide bonds. The number of nitrogens with zero attached hydrogens (tertiary/aromatic N) is 3. The molecule has 1 unspecified atom stereocenters. The fraction of sp³-hybridized carbons (Fsp3) is 0.391. The van der Waals surface area contributed by atoms with Crippen molar-refractivity contribution < 1.29 is 4.42 Å². The zero-order valence-corrected chi connectivity index (χ0v) is 31.1. The van der Waals surface area contributed by atoms with E-state index >= 15 is 0 Å². The number of allylic oxidation sites excluding steroid dienone is 1. The van der Waals surface area contributed by atoms with Gasteiger partial charge in [-0.2, -0.15) is 5.10 Å². The fourth-order valence-electron chi connectivity index (χ4n) is 7.20. The van der Waals surface area contributed by atoms with Gasteiger partial charge in [-0.25, -0.2) is 4.98 Å². The summed E-state index contributed by atoms with van der Waals surface area (Å²) in [5.74, 6) is 0.635. The number of rotatable bonds is 15. The molecule has 0 spiro atoms. The molecular formula is C46H55N3O. The topological polar surface area (TPSA) is 41.6 Å². The molecule has 1 aromatic heterocycles. The van der Waals surface area contributed by atoms with Crippen LogP contribution in [0.5, 0.6) is 0 Å². The summed E-state index contributed by atoms with van der Waals surface area (Å²) in [6.45, 7) is 14.0. The van der Waals surface area contributed by atoms with E-state index in [1.54, 1.807) is 0 Å². The molecule has 4 heteroatoms. The Balaban J connectivity index is 1.24. The van der Waals surface area contributed by atoms with Crippen molar-refractivity contribution in [1.29, 1.82) is 0 Å². The summed E-state index contributed by atoms with van der Waals surface area (Å²) >= 11 is 0. The third-order valence-electron chi connectivity index (χ3n) is 10.7. The van der Waals surface area contributed by atoms with Gasteiger partial charge in [-0.1, -0.05) is 147 Å². The number of fused-ring (bicyclic) bond motifs is 1. The summed E-state index contributed by atoms with van der Waals surface area (Å²) in [5, 5.41) is 7.41. The van der Waals surface area contributed by atoms with Crippen LogP contribution in [-0.4, -0.2) is 10.7 Å². The molecule has 0 N–H and O–H groups in total. The number of oxazole rings is 1. The van der Waals surface area contributed by atoms with Crippen LogP contribution in [0.4, 0.5) is 5.69 Å². The molecule has 6 rings (SSSR count). The van der Waals surface area contributed by atoms with Crippen LogP contribution in [0.2, 0.25) is 0 Å². The normalized spacial score (nSPS) is 15.4.